The number of carbonyl (C=O) groups is 1. The molecule has 1 heterocycles. The van der Waals surface area contributed by atoms with E-state index in [0.29, 0.717) is 4.91 Å². The molecule has 0 bridgehead atoms. The van der Waals surface area contributed by atoms with Gasteiger partial charge in [0.1, 0.15) is 0 Å². The third-order valence-electron chi connectivity index (χ3n) is 3.81. The second-order valence-electron chi connectivity index (χ2n) is 5.89. The molecule has 1 fully saturated rings. The maximum Gasteiger partial charge on any atom is 0.284 e. The van der Waals surface area contributed by atoms with E-state index in [2.05, 4.69) is 11.0 Å². The number of thioether (sulfide) groups is 1. The van der Waals surface area contributed by atoms with Crippen LogP contribution < -0.4 is 0 Å². The van der Waals surface area contributed by atoms with Crippen molar-refractivity contribution < 1.29 is 13.2 Å². The van der Waals surface area contributed by atoms with Gasteiger partial charge >= 0.3 is 0 Å². The summed E-state index contributed by atoms with van der Waals surface area (Å²) in [5.41, 5.74) is 1.81. The lowest BCUT2D eigenvalue weighted by Gasteiger charge is -2.12. The summed E-state index contributed by atoms with van der Waals surface area (Å²) in [7, 11) is -3.92. The minimum absolute atomic E-state index is 0.0905. The van der Waals surface area contributed by atoms with Crippen molar-refractivity contribution >= 4 is 38.9 Å². The zero-order valence-corrected chi connectivity index (χ0v) is 16.3. The number of hydrogen-bond donors (Lipinski definition) is 0. The van der Waals surface area contributed by atoms with Crippen molar-refractivity contribution in [3.8, 4) is 0 Å². The number of nitrogens with zero attached hydrogens (tertiary/aromatic N) is 2. The largest absolute Gasteiger partial charge is 0.284 e. The summed E-state index contributed by atoms with van der Waals surface area (Å²) >= 11 is 1.05. The van der Waals surface area contributed by atoms with E-state index >= 15 is 0 Å². The van der Waals surface area contributed by atoms with Gasteiger partial charge in [-0.25, -0.2) is 0 Å². The van der Waals surface area contributed by atoms with Crippen LogP contribution in [0.2, 0.25) is 0 Å². The topological polar surface area (TPSA) is 66.8 Å². The van der Waals surface area contributed by atoms with Crippen LogP contribution in [0.3, 0.4) is 0 Å². The van der Waals surface area contributed by atoms with Gasteiger partial charge in [-0.15, -0.1) is 11.0 Å². The Balaban J connectivity index is 1.99. The van der Waals surface area contributed by atoms with Gasteiger partial charge in [-0.2, -0.15) is 8.42 Å². The highest BCUT2D eigenvalue weighted by Gasteiger charge is 2.34. The fourth-order valence-corrected chi connectivity index (χ4v) is 4.62. The third-order valence-corrected chi connectivity index (χ3v) is 6.22. The molecular weight excluding hydrogens is 380 g/mol. The van der Waals surface area contributed by atoms with Crippen molar-refractivity contribution in [3.63, 3.8) is 0 Å². The first-order valence-electron chi connectivity index (χ1n) is 8.20. The number of rotatable bonds is 5. The highest BCUT2D eigenvalue weighted by molar-refractivity contribution is 8.19. The number of carbonyl (C=O) groups excluding carboxylic acids is 1. The predicted molar refractivity (Wildman–Crippen MR) is 110 cm³/mol. The fraction of sp³-hybridized carbons (Fsp3) is 0.100. The van der Waals surface area contributed by atoms with E-state index in [4.69, 9.17) is 0 Å². The predicted octanol–water partition coefficient (Wildman–Crippen LogP) is 3.84. The molecule has 3 rings (SSSR count). The highest BCUT2D eigenvalue weighted by Crippen LogP contribution is 2.33. The van der Waals surface area contributed by atoms with Gasteiger partial charge in [0.25, 0.3) is 15.9 Å². The summed E-state index contributed by atoms with van der Waals surface area (Å²) in [5.74, 6) is -0.290. The molecule has 2 aromatic carbocycles. The Hall–Kier alpha value is -2.64. The third kappa shape index (κ3) is 4.37. The quantitative estimate of drug-likeness (QED) is 0.567. The molecule has 0 unspecified atom stereocenters. The lowest BCUT2D eigenvalue weighted by molar-refractivity contribution is -0.121. The SMILES string of the molecule is C=CCN1C(=O)/C(=C\c2ccccc2)S/C1=N\S(=O)(=O)c1ccc(C)cc1. The zero-order chi connectivity index (χ0) is 19.4. The Morgan fingerprint density at radius 2 is 1.78 bits per heavy atom. The Morgan fingerprint density at radius 3 is 2.41 bits per heavy atom. The average Bonchev–Trinajstić information content (AvgIpc) is 2.91. The van der Waals surface area contributed by atoms with Gasteiger partial charge in [-0.05, 0) is 42.5 Å². The lowest BCUT2D eigenvalue weighted by atomic mass is 10.2. The van der Waals surface area contributed by atoms with Crippen LogP contribution in [0.15, 0.2) is 81.5 Å². The number of amides is 1. The molecule has 0 atom stereocenters. The van der Waals surface area contributed by atoms with Crippen LogP contribution in [0.5, 0.6) is 0 Å². The first-order chi connectivity index (χ1) is 12.9. The van der Waals surface area contributed by atoms with Crippen LogP contribution in [-0.4, -0.2) is 30.9 Å². The van der Waals surface area contributed by atoms with Gasteiger partial charge in [0, 0.05) is 6.54 Å². The molecule has 1 saturated heterocycles. The van der Waals surface area contributed by atoms with E-state index in [1.165, 1.54) is 23.1 Å². The number of aryl methyl sites for hydroxylation is 1. The van der Waals surface area contributed by atoms with E-state index < -0.39 is 10.0 Å². The van der Waals surface area contributed by atoms with Crippen LogP contribution in [0, 0.1) is 6.92 Å². The minimum Gasteiger partial charge on any atom is -0.282 e. The van der Waals surface area contributed by atoms with Crippen LogP contribution >= 0.6 is 11.8 Å². The van der Waals surface area contributed by atoms with E-state index in [-0.39, 0.29) is 22.5 Å². The number of amidine groups is 1. The molecule has 1 aliphatic heterocycles. The Morgan fingerprint density at radius 1 is 1.11 bits per heavy atom. The maximum atomic E-state index is 12.7. The Labute approximate surface area is 163 Å². The van der Waals surface area contributed by atoms with Crippen molar-refractivity contribution in [2.45, 2.75) is 11.8 Å². The molecule has 1 aliphatic rings. The standard InChI is InChI=1S/C20H18N2O3S2/c1-3-13-22-19(23)18(14-16-7-5-4-6-8-16)26-20(22)21-27(24,25)17-11-9-15(2)10-12-17/h3-12,14H,1,13H2,2H3/b18-14+,21-20-. The van der Waals surface area contributed by atoms with Gasteiger partial charge in [-0.1, -0.05) is 54.1 Å². The molecule has 0 aliphatic carbocycles. The van der Waals surface area contributed by atoms with Gasteiger partial charge in [0.05, 0.1) is 9.80 Å². The Kier molecular flexibility index (Phi) is 5.62. The zero-order valence-electron chi connectivity index (χ0n) is 14.7. The molecule has 0 radical (unpaired) electrons. The molecule has 0 N–H and O–H groups in total. The summed E-state index contributed by atoms with van der Waals surface area (Å²) in [5, 5.41) is 0.127. The van der Waals surface area contributed by atoms with Gasteiger partial charge in [0.2, 0.25) is 0 Å². The van der Waals surface area contributed by atoms with Crippen molar-refractivity contribution in [2.75, 3.05) is 6.54 Å². The molecule has 1 amide bonds. The van der Waals surface area contributed by atoms with E-state index in [1.54, 1.807) is 18.2 Å². The molecule has 0 spiro atoms. The second kappa shape index (κ2) is 7.94. The summed E-state index contributed by atoms with van der Waals surface area (Å²) in [4.78, 5) is 14.5. The summed E-state index contributed by atoms with van der Waals surface area (Å²) in [6, 6.07) is 15.8. The maximum absolute atomic E-state index is 12.7. The van der Waals surface area contributed by atoms with Gasteiger partial charge in [-0.3, -0.25) is 9.69 Å². The second-order valence-corrected chi connectivity index (χ2v) is 8.50. The molecule has 0 saturated carbocycles. The van der Waals surface area contributed by atoms with Gasteiger partial charge in [0.15, 0.2) is 5.17 Å². The minimum atomic E-state index is -3.92. The summed E-state index contributed by atoms with van der Waals surface area (Å²) in [6.07, 6.45) is 3.27. The van der Waals surface area contributed by atoms with Crippen LogP contribution in [-0.2, 0) is 14.8 Å². The monoisotopic (exact) mass is 398 g/mol. The lowest BCUT2D eigenvalue weighted by Crippen LogP contribution is -2.29. The number of sulfonamides is 1. The van der Waals surface area contributed by atoms with Crippen LogP contribution in [0.25, 0.3) is 6.08 Å². The van der Waals surface area contributed by atoms with Gasteiger partial charge < -0.3 is 0 Å². The molecule has 5 nitrogen and oxygen atoms in total. The summed E-state index contributed by atoms with van der Waals surface area (Å²) in [6.45, 7) is 5.70. The van der Waals surface area contributed by atoms with Crippen molar-refractivity contribution in [1.29, 1.82) is 0 Å². The molecular formula is C20H18N2O3S2. The first kappa shape index (κ1) is 19.1. The van der Waals surface area contributed by atoms with Crippen molar-refractivity contribution in [2.24, 2.45) is 4.40 Å². The molecule has 7 heteroatoms. The molecule has 2 aromatic rings. The first-order valence-corrected chi connectivity index (χ1v) is 10.5. The number of hydrogen-bond acceptors (Lipinski definition) is 4. The van der Waals surface area contributed by atoms with Crippen molar-refractivity contribution in [3.05, 3.63) is 83.3 Å². The van der Waals surface area contributed by atoms with E-state index in [1.807, 2.05) is 37.3 Å². The number of benzene rings is 2. The molecule has 0 aromatic heterocycles. The smallest absolute Gasteiger partial charge is 0.282 e. The van der Waals surface area contributed by atoms with Crippen LogP contribution in [0.4, 0.5) is 0 Å². The fourth-order valence-electron chi connectivity index (χ4n) is 2.43. The average molecular weight is 399 g/mol. The summed E-state index contributed by atoms with van der Waals surface area (Å²) < 4.78 is 29.2. The van der Waals surface area contributed by atoms with E-state index in [0.717, 1.165) is 22.9 Å². The molecule has 27 heavy (non-hydrogen) atoms. The Bertz CT molecular complexity index is 1020. The molecule has 138 valence electrons. The van der Waals surface area contributed by atoms with Crippen molar-refractivity contribution in [1.82, 2.24) is 4.90 Å². The highest BCUT2D eigenvalue weighted by atomic mass is 32.2. The normalized spacial score (nSPS) is 17.7. The van der Waals surface area contributed by atoms with Crippen LogP contribution in [0.1, 0.15) is 11.1 Å². The van der Waals surface area contributed by atoms with E-state index in [9.17, 15) is 13.2 Å².